The molecule has 0 aliphatic carbocycles. The van der Waals surface area contributed by atoms with Crippen molar-refractivity contribution in [2.45, 2.75) is 27.0 Å². The molecule has 2 aromatic rings. The molecule has 1 aromatic heterocycles. The van der Waals surface area contributed by atoms with Crippen molar-refractivity contribution in [2.24, 2.45) is 0 Å². The normalized spacial score (nSPS) is 10.6. The first kappa shape index (κ1) is 14.8. The van der Waals surface area contributed by atoms with E-state index in [0.29, 0.717) is 17.4 Å². The van der Waals surface area contributed by atoms with Crippen molar-refractivity contribution in [3.63, 3.8) is 0 Å². The van der Waals surface area contributed by atoms with Crippen LogP contribution in [0.1, 0.15) is 23.7 Å². The molecule has 1 heterocycles. The van der Waals surface area contributed by atoms with Gasteiger partial charge in [-0.15, -0.1) is 0 Å². The average molecular weight is 291 g/mol. The molecule has 0 bridgehead atoms. The molecule has 1 aromatic carbocycles. The molecule has 2 rings (SSSR count). The molecule has 3 nitrogen and oxygen atoms in total. The van der Waals surface area contributed by atoms with Crippen LogP contribution in [-0.4, -0.2) is 11.5 Å². The summed E-state index contributed by atoms with van der Waals surface area (Å²) in [6, 6.07) is 9.81. The molecule has 0 unspecified atom stereocenters. The number of rotatable bonds is 6. The molecule has 1 N–H and O–H groups in total. The minimum absolute atomic E-state index is 0.430. The summed E-state index contributed by atoms with van der Waals surface area (Å²) in [5.41, 5.74) is 3.20. The van der Waals surface area contributed by atoms with Crippen molar-refractivity contribution in [1.29, 1.82) is 0 Å². The van der Waals surface area contributed by atoms with Crippen LogP contribution in [-0.2, 0) is 13.2 Å². The first-order chi connectivity index (χ1) is 9.70. The van der Waals surface area contributed by atoms with E-state index in [0.717, 1.165) is 29.9 Å². The lowest BCUT2D eigenvalue weighted by Crippen LogP contribution is -2.11. The quantitative estimate of drug-likeness (QED) is 0.880. The van der Waals surface area contributed by atoms with Crippen molar-refractivity contribution < 1.29 is 4.74 Å². The highest BCUT2D eigenvalue weighted by molar-refractivity contribution is 6.32. The molecular weight excluding hydrogens is 272 g/mol. The van der Waals surface area contributed by atoms with E-state index in [2.05, 4.69) is 17.2 Å². The van der Waals surface area contributed by atoms with Crippen LogP contribution in [0.4, 0.5) is 0 Å². The van der Waals surface area contributed by atoms with Gasteiger partial charge in [0.15, 0.2) is 0 Å². The lowest BCUT2D eigenvalue weighted by molar-refractivity contribution is 0.300. The monoisotopic (exact) mass is 290 g/mol. The summed E-state index contributed by atoms with van der Waals surface area (Å²) in [7, 11) is 0. The number of nitrogens with one attached hydrogen (secondary N) is 1. The van der Waals surface area contributed by atoms with Crippen molar-refractivity contribution in [3.05, 3.63) is 58.4 Å². The standard InChI is InChI=1S/C16H19ClN2O/c1-3-18-10-13-6-7-16(14(17)9-13)20-11-15-12(2)5-4-8-19-15/h4-9,18H,3,10-11H2,1-2H3. The van der Waals surface area contributed by atoms with Gasteiger partial charge in [0.1, 0.15) is 12.4 Å². The molecule has 0 radical (unpaired) electrons. The van der Waals surface area contributed by atoms with Crippen LogP contribution < -0.4 is 10.1 Å². The second-order valence-electron chi connectivity index (χ2n) is 4.60. The molecule has 0 fully saturated rings. The number of ether oxygens (including phenoxy) is 1. The number of pyridine rings is 1. The molecule has 0 spiro atoms. The zero-order chi connectivity index (χ0) is 14.4. The van der Waals surface area contributed by atoms with Gasteiger partial charge in [0, 0.05) is 12.7 Å². The Hall–Kier alpha value is -1.58. The van der Waals surface area contributed by atoms with Gasteiger partial charge in [-0.05, 0) is 42.8 Å². The van der Waals surface area contributed by atoms with Gasteiger partial charge in [-0.1, -0.05) is 30.7 Å². The van der Waals surface area contributed by atoms with Crippen molar-refractivity contribution in [1.82, 2.24) is 10.3 Å². The van der Waals surface area contributed by atoms with E-state index in [1.807, 2.05) is 37.3 Å². The zero-order valence-corrected chi connectivity index (χ0v) is 12.6. The largest absolute Gasteiger partial charge is 0.486 e. The Kier molecular flexibility index (Phi) is 5.39. The summed E-state index contributed by atoms with van der Waals surface area (Å²) in [6.07, 6.45) is 1.77. The van der Waals surface area contributed by atoms with Gasteiger partial charge in [0.2, 0.25) is 0 Å². The molecule has 0 aliphatic rings. The molecule has 0 aliphatic heterocycles. The maximum atomic E-state index is 6.24. The molecule has 0 atom stereocenters. The fourth-order valence-corrected chi connectivity index (χ4v) is 2.11. The van der Waals surface area contributed by atoms with Crippen LogP contribution in [0.2, 0.25) is 5.02 Å². The lowest BCUT2D eigenvalue weighted by atomic mass is 10.2. The van der Waals surface area contributed by atoms with Crippen LogP contribution in [0.25, 0.3) is 0 Å². The highest BCUT2D eigenvalue weighted by atomic mass is 35.5. The van der Waals surface area contributed by atoms with Crippen LogP contribution in [0.15, 0.2) is 36.5 Å². The summed E-state index contributed by atoms with van der Waals surface area (Å²) in [5, 5.41) is 3.90. The Morgan fingerprint density at radius 2 is 2.15 bits per heavy atom. The maximum Gasteiger partial charge on any atom is 0.138 e. The number of aromatic nitrogens is 1. The van der Waals surface area contributed by atoms with Crippen molar-refractivity contribution in [3.8, 4) is 5.75 Å². The number of halogens is 1. The van der Waals surface area contributed by atoms with E-state index in [1.54, 1.807) is 6.20 Å². The summed E-state index contributed by atoms with van der Waals surface area (Å²) < 4.78 is 5.75. The Bertz CT molecular complexity index is 572. The Labute approximate surface area is 124 Å². The van der Waals surface area contributed by atoms with Gasteiger partial charge in [0.05, 0.1) is 10.7 Å². The smallest absolute Gasteiger partial charge is 0.138 e. The number of hydrogen-bond acceptors (Lipinski definition) is 3. The van der Waals surface area contributed by atoms with Gasteiger partial charge in [-0.25, -0.2) is 0 Å². The summed E-state index contributed by atoms with van der Waals surface area (Å²) in [4.78, 5) is 4.30. The Balaban J connectivity index is 2.01. The first-order valence-electron chi connectivity index (χ1n) is 6.73. The minimum atomic E-state index is 0.430. The topological polar surface area (TPSA) is 34.1 Å². The summed E-state index contributed by atoms with van der Waals surface area (Å²) in [5.74, 6) is 0.692. The Morgan fingerprint density at radius 3 is 2.85 bits per heavy atom. The van der Waals surface area contributed by atoms with Crippen LogP contribution >= 0.6 is 11.6 Å². The number of hydrogen-bond donors (Lipinski definition) is 1. The van der Waals surface area contributed by atoms with Crippen LogP contribution in [0.5, 0.6) is 5.75 Å². The zero-order valence-electron chi connectivity index (χ0n) is 11.8. The van der Waals surface area contributed by atoms with Gasteiger partial charge >= 0.3 is 0 Å². The number of nitrogens with zero attached hydrogens (tertiary/aromatic N) is 1. The molecule has 0 saturated carbocycles. The third-order valence-electron chi connectivity index (χ3n) is 3.06. The average Bonchev–Trinajstić information content (AvgIpc) is 2.45. The van der Waals surface area contributed by atoms with E-state index in [9.17, 15) is 0 Å². The number of benzene rings is 1. The van der Waals surface area contributed by atoms with Crippen LogP contribution in [0.3, 0.4) is 0 Å². The molecule has 4 heteroatoms. The fraction of sp³-hybridized carbons (Fsp3) is 0.312. The molecule has 106 valence electrons. The van der Waals surface area contributed by atoms with Crippen molar-refractivity contribution >= 4 is 11.6 Å². The summed E-state index contributed by atoms with van der Waals surface area (Å²) >= 11 is 6.24. The van der Waals surface area contributed by atoms with Crippen LogP contribution in [0, 0.1) is 6.92 Å². The minimum Gasteiger partial charge on any atom is -0.486 e. The fourth-order valence-electron chi connectivity index (χ4n) is 1.86. The second-order valence-corrected chi connectivity index (χ2v) is 5.01. The Morgan fingerprint density at radius 1 is 1.30 bits per heavy atom. The second kappa shape index (κ2) is 7.27. The van der Waals surface area contributed by atoms with E-state index >= 15 is 0 Å². The first-order valence-corrected chi connectivity index (χ1v) is 7.11. The van der Waals surface area contributed by atoms with Gasteiger partial charge in [-0.3, -0.25) is 4.98 Å². The van der Waals surface area contributed by atoms with Crippen molar-refractivity contribution in [2.75, 3.05) is 6.54 Å². The SMILES string of the molecule is CCNCc1ccc(OCc2ncccc2C)c(Cl)c1. The summed E-state index contributed by atoms with van der Waals surface area (Å²) in [6.45, 7) is 6.28. The third-order valence-corrected chi connectivity index (χ3v) is 3.35. The van der Waals surface area contributed by atoms with Gasteiger partial charge in [-0.2, -0.15) is 0 Å². The number of aryl methyl sites for hydroxylation is 1. The molecule has 0 saturated heterocycles. The highest BCUT2D eigenvalue weighted by Gasteiger charge is 2.05. The predicted octanol–water partition coefficient (Wildman–Crippen LogP) is 3.73. The van der Waals surface area contributed by atoms with E-state index < -0.39 is 0 Å². The molecule has 0 amide bonds. The van der Waals surface area contributed by atoms with E-state index in [1.165, 1.54) is 0 Å². The van der Waals surface area contributed by atoms with E-state index in [-0.39, 0.29) is 0 Å². The molecular formula is C16H19ClN2O. The maximum absolute atomic E-state index is 6.24. The van der Waals surface area contributed by atoms with Gasteiger partial charge < -0.3 is 10.1 Å². The van der Waals surface area contributed by atoms with Gasteiger partial charge in [0.25, 0.3) is 0 Å². The predicted molar refractivity (Wildman–Crippen MR) is 82.1 cm³/mol. The highest BCUT2D eigenvalue weighted by Crippen LogP contribution is 2.26. The lowest BCUT2D eigenvalue weighted by Gasteiger charge is -2.10. The molecule has 20 heavy (non-hydrogen) atoms. The van der Waals surface area contributed by atoms with E-state index in [4.69, 9.17) is 16.3 Å². The third kappa shape index (κ3) is 3.95.